The maximum absolute atomic E-state index is 13.5. The summed E-state index contributed by atoms with van der Waals surface area (Å²) in [6.45, 7) is 2.53. The Balaban J connectivity index is 2.09. The van der Waals surface area contributed by atoms with Gasteiger partial charge in [-0.1, -0.05) is 31.5 Å². The summed E-state index contributed by atoms with van der Waals surface area (Å²) in [4.78, 5) is 0. The first-order valence-electron chi connectivity index (χ1n) is 6.28. The highest BCUT2D eigenvalue weighted by Gasteiger charge is 2.08. The predicted molar refractivity (Wildman–Crippen MR) is 69.8 cm³/mol. The average Bonchev–Trinajstić information content (AvgIpc) is 2.81. The number of aliphatic hydroxyl groups is 1. The van der Waals surface area contributed by atoms with E-state index in [1.165, 1.54) is 6.07 Å². The van der Waals surface area contributed by atoms with Crippen LogP contribution in [0.2, 0.25) is 0 Å². The average molecular weight is 247 g/mol. The van der Waals surface area contributed by atoms with Crippen LogP contribution in [0.3, 0.4) is 0 Å². The first-order chi connectivity index (χ1) is 8.70. The minimum absolute atomic E-state index is 0.193. The highest BCUT2D eigenvalue weighted by molar-refractivity contribution is 5.20. The fourth-order valence-electron chi connectivity index (χ4n) is 2.02. The molecule has 0 saturated carbocycles. The van der Waals surface area contributed by atoms with Crippen LogP contribution in [0.15, 0.2) is 42.7 Å². The van der Waals surface area contributed by atoms with E-state index in [1.807, 2.05) is 36.0 Å². The molecule has 0 aliphatic rings. The molecule has 2 nitrogen and oxygen atoms in total. The van der Waals surface area contributed by atoms with Gasteiger partial charge in [-0.25, -0.2) is 4.39 Å². The van der Waals surface area contributed by atoms with Crippen molar-refractivity contribution >= 4 is 0 Å². The van der Waals surface area contributed by atoms with Crippen molar-refractivity contribution in [2.45, 2.75) is 32.4 Å². The zero-order chi connectivity index (χ0) is 13.0. The zero-order valence-electron chi connectivity index (χ0n) is 10.5. The number of hydrogen-bond donors (Lipinski definition) is 1. The van der Waals surface area contributed by atoms with Gasteiger partial charge in [-0.3, -0.25) is 0 Å². The lowest BCUT2D eigenvalue weighted by Gasteiger charge is -2.07. The van der Waals surface area contributed by atoms with Crippen molar-refractivity contribution < 1.29 is 9.50 Å². The van der Waals surface area contributed by atoms with Crippen molar-refractivity contribution in [3.8, 4) is 0 Å². The van der Waals surface area contributed by atoms with Gasteiger partial charge in [0.1, 0.15) is 5.82 Å². The molecule has 18 heavy (non-hydrogen) atoms. The third-order valence-corrected chi connectivity index (χ3v) is 3.03. The van der Waals surface area contributed by atoms with Crippen molar-refractivity contribution in [1.82, 2.24) is 4.57 Å². The molecule has 96 valence electrons. The second-order valence-electron chi connectivity index (χ2n) is 4.51. The molecular weight excluding hydrogens is 229 g/mol. The van der Waals surface area contributed by atoms with Crippen molar-refractivity contribution in [2.75, 3.05) is 0 Å². The van der Waals surface area contributed by atoms with Crippen LogP contribution in [0.5, 0.6) is 0 Å². The predicted octanol–water partition coefficient (Wildman–Crippen LogP) is 3.51. The molecule has 0 amide bonds. The normalized spacial score (nSPS) is 12.6. The molecule has 0 aliphatic carbocycles. The zero-order valence-corrected chi connectivity index (χ0v) is 10.5. The molecule has 2 aromatic rings. The van der Waals surface area contributed by atoms with E-state index in [0.29, 0.717) is 12.1 Å². The Kier molecular flexibility index (Phi) is 4.15. The van der Waals surface area contributed by atoms with Crippen LogP contribution in [-0.2, 0) is 6.54 Å². The van der Waals surface area contributed by atoms with Crippen LogP contribution in [0, 0.1) is 5.82 Å². The number of nitrogens with zero attached hydrogens (tertiary/aromatic N) is 1. The van der Waals surface area contributed by atoms with Crippen molar-refractivity contribution in [3.63, 3.8) is 0 Å². The summed E-state index contributed by atoms with van der Waals surface area (Å²) in [6.07, 6.45) is 5.04. The van der Waals surface area contributed by atoms with E-state index in [4.69, 9.17) is 0 Å². The lowest BCUT2D eigenvalue weighted by atomic mass is 10.1. The van der Waals surface area contributed by atoms with Crippen LogP contribution in [0.25, 0.3) is 0 Å². The molecule has 1 unspecified atom stereocenters. The van der Waals surface area contributed by atoms with Crippen LogP contribution in [0.4, 0.5) is 4.39 Å². The summed E-state index contributed by atoms with van der Waals surface area (Å²) in [5, 5.41) is 9.87. The third kappa shape index (κ3) is 2.99. The molecule has 3 heteroatoms. The summed E-state index contributed by atoms with van der Waals surface area (Å²) in [5.74, 6) is -0.193. The van der Waals surface area contributed by atoms with Gasteiger partial charge in [0.2, 0.25) is 0 Å². The second kappa shape index (κ2) is 5.83. The molecule has 1 aromatic carbocycles. The van der Waals surface area contributed by atoms with Crippen molar-refractivity contribution in [3.05, 3.63) is 59.7 Å². The van der Waals surface area contributed by atoms with Gasteiger partial charge in [0.25, 0.3) is 0 Å². The summed E-state index contributed by atoms with van der Waals surface area (Å²) >= 11 is 0. The van der Waals surface area contributed by atoms with Crippen LogP contribution in [-0.4, -0.2) is 9.67 Å². The summed E-state index contributed by atoms with van der Waals surface area (Å²) in [5.41, 5.74) is 1.55. The molecule has 1 aromatic heterocycles. The maximum Gasteiger partial charge on any atom is 0.128 e. The smallest absolute Gasteiger partial charge is 0.128 e. The molecule has 0 bridgehead atoms. The Bertz CT molecular complexity index is 507. The number of aliphatic hydroxyl groups excluding tert-OH is 1. The van der Waals surface area contributed by atoms with Gasteiger partial charge >= 0.3 is 0 Å². The van der Waals surface area contributed by atoms with Crippen LogP contribution >= 0.6 is 0 Å². The molecule has 1 N–H and O–H groups in total. The first kappa shape index (κ1) is 12.8. The Labute approximate surface area is 107 Å². The van der Waals surface area contributed by atoms with Gasteiger partial charge in [-0.15, -0.1) is 0 Å². The lowest BCUT2D eigenvalue weighted by Crippen LogP contribution is -2.00. The summed E-state index contributed by atoms with van der Waals surface area (Å²) in [6, 6.07) is 8.64. The highest BCUT2D eigenvalue weighted by atomic mass is 19.1. The van der Waals surface area contributed by atoms with Gasteiger partial charge in [-0.05, 0) is 24.1 Å². The Morgan fingerprint density at radius 3 is 2.78 bits per heavy atom. The summed E-state index contributed by atoms with van der Waals surface area (Å²) in [7, 11) is 0. The van der Waals surface area contributed by atoms with E-state index in [2.05, 4.69) is 0 Å². The topological polar surface area (TPSA) is 25.2 Å². The van der Waals surface area contributed by atoms with Gasteiger partial charge in [0.05, 0.1) is 6.10 Å². The van der Waals surface area contributed by atoms with E-state index in [9.17, 15) is 9.50 Å². The number of benzene rings is 1. The Hall–Kier alpha value is -1.61. The fourth-order valence-corrected chi connectivity index (χ4v) is 2.02. The number of aromatic nitrogens is 1. The van der Waals surface area contributed by atoms with Gasteiger partial charge in [-0.2, -0.15) is 0 Å². The highest BCUT2D eigenvalue weighted by Crippen LogP contribution is 2.19. The largest absolute Gasteiger partial charge is 0.388 e. The number of halogens is 1. The monoisotopic (exact) mass is 247 g/mol. The maximum atomic E-state index is 13.5. The second-order valence-corrected chi connectivity index (χ2v) is 4.51. The van der Waals surface area contributed by atoms with E-state index >= 15 is 0 Å². The molecule has 0 aliphatic heterocycles. The van der Waals surface area contributed by atoms with Crippen molar-refractivity contribution in [2.24, 2.45) is 0 Å². The minimum atomic E-state index is -0.420. The summed E-state index contributed by atoms with van der Waals surface area (Å²) < 4.78 is 15.4. The molecule has 2 rings (SSSR count). The standard InChI is InChI=1S/C15H18FNO/c1-2-5-15(18)13-8-9-17(11-13)10-12-6-3-4-7-14(12)16/h3-4,6-9,11,15,18H,2,5,10H2,1H3. The van der Waals surface area contributed by atoms with E-state index in [0.717, 1.165) is 18.4 Å². The Morgan fingerprint density at radius 1 is 1.28 bits per heavy atom. The number of rotatable bonds is 5. The molecule has 1 heterocycles. The van der Waals surface area contributed by atoms with Gasteiger partial charge in [0, 0.05) is 24.5 Å². The fraction of sp³-hybridized carbons (Fsp3) is 0.333. The molecule has 1 atom stereocenters. The van der Waals surface area contributed by atoms with E-state index in [-0.39, 0.29) is 5.82 Å². The van der Waals surface area contributed by atoms with Crippen LogP contribution in [0.1, 0.15) is 37.0 Å². The minimum Gasteiger partial charge on any atom is -0.388 e. The van der Waals surface area contributed by atoms with Gasteiger partial charge in [0.15, 0.2) is 0 Å². The van der Waals surface area contributed by atoms with Gasteiger partial charge < -0.3 is 9.67 Å². The molecule has 0 fully saturated rings. The molecule has 0 spiro atoms. The molecule has 0 saturated heterocycles. The van der Waals surface area contributed by atoms with E-state index in [1.54, 1.807) is 12.1 Å². The van der Waals surface area contributed by atoms with E-state index < -0.39 is 6.10 Å². The quantitative estimate of drug-likeness (QED) is 0.859. The third-order valence-electron chi connectivity index (χ3n) is 3.03. The Morgan fingerprint density at radius 2 is 2.06 bits per heavy atom. The van der Waals surface area contributed by atoms with Crippen LogP contribution < -0.4 is 0 Å². The first-order valence-corrected chi connectivity index (χ1v) is 6.28. The van der Waals surface area contributed by atoms with Crippen molar-refractivity contribution in [1.29, 1.82) is 0 Å². The molecule has 0 radical (unpaired) electrons. The SMILES string of the molecule is CCCC(O)c1ccn(Cc2ccccc2F)c1. The number of hydrogen-bond acceptors (Lipinski definition) is 1. The molecular formula is C15H18FNO. The lowest BCUT2D eigenvalue weighted by molar-refractivity contribution is 0.166.